The largest absolute Gasteiger partial charge is 0.236 e. The monoisotopic (exact) mass is 192 g/mol. The highest BCUT2D eigenvalue weighted by Crippen LogP contribution is 2.25. The summed E-state index contributed by atoms with van der Waals surface area (Å²) < 4.78 is 0. The van der Waals surface area contributed by atoms with Crippen LogP contribution in [0.1, 0.15) is 0 Å². The molecule has 4 heteroatoms. The van der Waals surface area contributed by atoms with Crippen LogP contribution < -0.4 is 0 Å². The average Bonchev–Trinajstić information content (AvgIpc) is 2.16. The van der Waals surface area contributed by atoms with Crippen LogP contribution in [-0.4, -0.2) is 4.98 Å². The summed E-state index contributed by atoms with van der Waals surface area (Å²) in [6.45, 7) is 0. The van der Waals surface area contributed by atoms with Gasteiger partial charge in [-0.1, -0.05) is 17.7 Å². The molecule has 0 amide bonds. The molecule has 64 valence electrons. The van der Waals surface area contributed by atoms with E-state index in [2.05, 4.69) is 10.2 Å². The number of halogens is 1. The van der Waals surface area contributed by atoms with Crippen molar-refractivity contribution in [1.29, 1.82) is 0 Å². The minimum Gasteiger partial charge on any atom is -0.236 e. The molecule has 0 radical (unpaired) electrons. The fraction of sp³-hybridized carbons (Fsp3) is 0. The van der Waals surface area contributed by atoms with Gasteiger partial charge in [-0.05, 0) is 29.4 Å². The van der Waals surface area contributed by atoms with Crippen LogP contribution in [0.4, 0.5) is 5.69 Å². The van der Waals surface area contributed by atoms with Crippen molar-refractivity contribution in [3.63, 3.8) is 0 Å². The van der Waals surface area contributed by atoms with E-state index in [1.54, 1.807) is 30.3 Å². The Balaban J connectivity index is 2.84. The van der Waals surface area contributed by atoms with Crippen LogP contribution in [0.25, 0.3) is 10.9 Å². The Morgan fingerprint density at radius 1 is 1.23 bits per heavy atom. The molecule has 0 N–H and O–H groups in total. The summed E-state index contributed by atoms with van der Waals surface area (Å²) in [5, 5.41) is 4.03. The molecular weight excluding hydrogens is 188 g/mol. The average molecular weight is 193 g/mol. The van der Waals surface area contributed by atoms with E-state index in [4.69, 9.17) is 11.6 Å². The minimum absolute atomic E-state index is 0.390. The highest BCUT2D eigenvalue weighted by Gasteiger charge is 2.01. The van der Waals surface area contributed by atoms with Crippen molar-refractivity contribution >= 4 is 28.2 Å². The van der Waals surface area contributed by atoms with E-state index in [-0.39, 0.29) is 0 Å². The third-order valence-corrected chi connectivity index (χ3v) is 1.98. The molecule has 0 saturated carbocycles. The summed E-state index contributed by atoms with van der Waals surface area (Å²) in [6.07, 6.45) is 0. The van der Waals surface area contributed by atoms with Gasteiger partial charge < -0.3 is 0 Å². The van der Waals surface area contributed by atoms with Gasteiger partial charge in [0.25, 0.3) is 0 Å². The molecule has 2 aromatic rings. The second-order valence-electron chi connectivity index (χ2n) is 2.57. The highest BCUT2D eigenvalue weighted by atomic mass is 35.5. The number of rotatable bonds is 1. The fourth-order valence-corrected chi connectivity index (χ4v) is 1.35. The molecule has 0 aliphatic heterocycles. The molecule has 0 saturated heterocycles. The summed E-state index contributed by atoms with van der Waals surface area (Å²) in [4.78, 5) is 14.4. The number of pyridine rings is 1. The van der Waals surface area contributed by atoms with Gasteiger partial charge in [0.1, 0.15) is 10.8 Å². The van der Waals surface area contributed by atoms with E-state index in [1.165, 1.54) is 0 Å². The number of nitroso groups, excluding NO2 is 1. The second kappa shape index (κ2) is 3.11. The number of hydrogen-bond acceptors (Lipinski definition) is 3. The van der Waals surface area contributed by atoms with Gasteiger partial charge in [0.15, 0.2) is 0 Å². The van der Waals surface area contributed by atoms with Crippen LogP contribution in [-0.2, 0) is 0 Å². The Morgan fingerprint density at radius 2 is 2.08 bits per heavy atom. The lowest BCUT2D eigenvalue weighted by Gasteiger charge is -1.98. The van der Waals surface area contributed by atoms with Crippen LogP contribution in [0, 0.1) is 4.91 Å². The van der Waals surface area contributed by atoms with Crippen LogP contribution in [0.3, 0.4) is 0 Å². The first-order valence-corrected chi connectivity index (χ1v) is 4.08. The molecule has 0 atom stereocenters. The van der Waals surface area contributed by atoms with Crippen molar-refractivity contribution in [2.45, 2.75) is 0 Å². The quantitative estimate of drug-likeness (QED) is 0.514. The van der Waals surface area contributed by atoms with Crippen molar-refractivity contribution in [3.05, 3.63) is 40.4 Å². The van der Waals surface area contributed by atoms with Gasteiger partial charge in [0.05, 0.1) is 5.52 Å². The lowest BCUT2D eigenvalue weighted by Crippen LogP contribution is -1.78. The molecule has 3 nitrogen and oxygen atoms in total. The Morgan fingerprint density at radius 3 is 2.85 bits per heavy atom. The standard InChI is InChI=1S/C9H5ClN2O/c10-9-5-4-6-7(11-9)2-1-3-8(6)12-13/h1-5H. The van der Waals surface area contributed by atoms with Crippen LogP contribution in [0.5, 0.6) is 0 Å². The second-order valence-corrected chi connectivity index (χ2v) is 2.96. The Hall–Kier alpha value is -1.48. The van der Waals surface area contributed by atoms with Gasteiger partial charge in [-0.3, -0.25) is 0 Å². The third kappa shape index (κ3) is 1.38. The molecule has 1 aromatic carbocycles. The molecule has 0 unspecified atom stereocenters. The summed E-state index contributed by atoms with van der Waals surface area (Å²) in [5.74, 6) is 0. The van der Waals surface area contributed by atoms with E-state index in [9.17, 15) is 4.91 Å². The lowest BCUT2D eigenvalue weighted by atomic mass is 10.2. The SMILES string of the molecule is O=Nc1cccc2nc(Cl)ccc12. The van der Waals surface area contributed by atoms with Gasteiger partial charge in [0, 0.05) is 5.39 Å². The first-order chi connectivity index (χ1) is 6.31. The van der Waals surface area contributed by atoms with E-state index >= 15 is 0 Å². The number of hydrogen-bond donors (Lipinski definition) is 0. The zero-order valence-electron chi connectivity index (χ0n) is 6.57. The maximum absolute atomic E-state index is 10.4. The molecular formula is C9H5ClN2O. The van der Waals surface area contributed by atoms with Crippen molar-refractivity contribution in [2.24, 2.45) is 5.18 Å². The lowest BCUT2D eigenvalue weighted by molar-refractivity contribution is 1.40. The normalized spacial score (nSPS) is 10.2. The molecule has 1 heterocycles. The van der Waals surface area contributed by atoms with Gasteiger partial charge >= 0.3 is 0 Å². The van der Waals surface area contributed by atoms with E-state index < -0.39 is 0 Å². The Labute approximate surface area is 79.3 Å². The highest BCUT2D eigenvalue weighted by molar-refractivity contribution is 6.29. The van der Waals surface area contributed by atoms with Gasteiger partial charge in [0.2, 0.25) is 0 Å². The molecule has 0 aliphatic carbocycles. The van der Waals surface area contributed by atoms with Gasteiger partial charge in [-0.2, -0.15) is 0 Å². The molecule has 13 heavy (non-hydrogen) atoms. The fourth-order valence-electron chi connectivity index (χ4n) is 1.19. The summed E-state index contributed by atoms with van der Waals surface area (Å²) in [7, 11) is 0. The maximum atomic E-state index is 10.4. The Bertz CT molecular complexity index is 470. The van der Waals surface area contributed by atoms with Gasteiger partial charge in [-0.15, -0.1) is 4.91 Å². The number of benzene rings is 1. The van der Waals surface area contributed by atoms with Crippen LogP contribution >= 0.6 is 11.6 Å². The number of fused-ring (bicyclic) bond motifs is 1. The molecule has 1 aromatic heterocycles. The molecule has 0 bridgehead atoms. The third-order valence-electron chi connectivity index (χ3n) is 1.77. The zero-order valence-corrected chi connectivity index (χ0v) is 7.32. The molecule has 0 spiro atoms. The minimum atomic E-state index is 0.390. The zero-order chi connectivity index (χ0) is 9.26. The van der Waals surface area contributed by atoms with Crippen LogP contribution in [0.2, 0.25) is 5.15 Å². The van der Waals surface area contributed by atoms with E-state index in [0.717, 1.165) is 5.39 Å². The van der Waals surface area contributed by atoms with Gasteiger partial charge in [-0.25, -0.2) is 4.98 Å². The van der Waals surface area contributed by atoms with Crippen molar-refractivity contribution in [1.82, 2.24) is 4.98 Å². The first kappa shape index (κ1) is 8.13. The Kier molecular flexibility index (Phi) is 1.94. The molecule has 2 rings (SSSR count). The number of aromatic nitrogens is 1. The number of nitrogens with zero attached hydrogens (tertiary/aromatic N) is 2. The van der Waals surface area contributed by atoms with E-state index in [0.29, 0.717) is 16.4 Å². The molecule has 0 aliphatic rings. The summed E-state index contributed by atoms with van der Waals surface area (Å²) in [5.41, 5.74) is 1.08. The maximum Gasteiger partial charge on any atom is 0.129 e. The summed E-state index contributed by atoms with van der Waals surface area (Å²) in [6, 6.07) is 8.53. The van der Waals surface area contributed by atoms with Crippen LogP contribution in [0.15, 0.2) is 35.5 Å². The summed E-state index contributed by atoms with van der Waals surface area (Å²) >= 11 is 5.69. The van der Waals surface area contributed by atoms with E-state index in [1.807, 2.05) is 0 Å². The topological polar surface area (TPSA) is 42.3 Å². The predicted octanol–water partition coefficient (Wildman–Crippen LogP) is 3.29. The smallest absolute Gasteiger partial charge is 0.129 e. The van der Waals surface area contributed by atoms with Crippen molar-refractivity contribution < 1.29 is 0 Å². The van der Waals surface area contributed by atoms with Crippen molar-refractivity contribution in [2.75, 3.05) is 0 Å². The molecule has 0 fully saturated rings. The first-order valence-electron chi connectivity index (χ1n) is 3.70. The predicted molar refractivity (Wildman–Crippen MR) is 52.2 cm³/mol. The van der Waals surface area contributed by atoms with Crippen molar-refractivity contribution in [3.8, 4) is 0 Å².